The predicted molar refractivity (Wildman–Crippen MR) is 114 cm³/mol. The largest absolute Gasteiger partial charge is 0.496 e. The van der Waals surface area contributed by atoms with Gasteiger partial charge < -0.3 is 13.9 Å². The number of furan rings is 1. The molecule has 1 heterocycles. The van der Waals surface area contributed by atoms with Crippen LogP contribution in [0.2, 0.25) is 0 Å². The summed E-state index contributed by atoms with van der Waals surface area (Å²) in [5.74, 6) is 1.68. The maximum Gasteiger partial charge on any atom is 0.307 e. The van der Waals surface area contributed by atoms with Gasteiger partial charge in [-0.15, -0.1) is 0 Å². The topological polar surface area (TPSA) is 73.1 Å². The molecule has 0 aliphatic heterocycles. The number of carbonyl (C=O) groups is 1. The predicted octanol–water partition coefficient (Wildman–Crippen LogP) is 5.04. The fourth-order valence-corrected chi connectivity index (χ4v) is 3.09. The summed E-state index contributed by atoms with van der Waals surface area (Å²) in [4.78, 5) is 12.4. The van der Waals surface area contributed by atoms with Gasteiger partial charge in [0.15, 0.2) is 5.76 Å². The average molecular weight is 394 g/mol. The van der Waals surface area contributed by atoms with E-state index in [1.165, 1.54) is 0 Å². The maximum atomic E-state index is 12.4. The van der Waals surface area contributed by atoms with E-state index in [9.17, 15) is 4.79 Å². The second-order valence-electron chi connectivity index (χ2n) is 7.05. The van der Waals surface area contributed by atoms with Gasteiger partial charge in [0.05, 0.1) is 19.9 Å². The lowest BCUT2D eigenvalue weighted by Crippen LogP contribution is -2.16. The maximum absolute atomic E-state index is 12.4. The van der Waals surface area contributed by atoms with Gasteiger partial charge in [-0.05, 0) is 72.9 Å². The molecule has 0 aliphatic rings. The first-order chi connectivity index (χ1) is 13.9. The van der Waals surface area contributed by atoms with Crippen LogP contribution in [0.15, 0.2) is 45.9 Å². The van der Waals surface area contributed by atoms with Crippen LogP contribution in [-0.4, -0.2) is 25.8 Å². The van der Waals surface area contributed by atoms with Gasteiger partial charge in [-0.25, -0.2) is 5.43 Å². The zero-order chi connectivity index (χ0) is 21.0. The molecule has 0 spiro atoms. The first-order valence-corrected chi connectivity index (χ1v) is 9.61. The Morgan fingerprint density at radius 3 is 2.72 bits per heavy atom. The van der Waals surface area contributed by atoms with Crippen LogP contribution in [0.3, 0.4) is 0 Å². The fourth-order valence-electron chi connectivity index (χ4n) is 3.09. The highest BCUT2D eigenvalue weighted by Gasteiger charge is 2.13. The van der Waals surface area contributed by atoms with Crippen LogP contribution in [0.5, 0.6) is 11.5 Å². The Balaban J connectivity index is 1.76. The molecule has 1 aromatic heterocycles. The highest BCUT2D eigenvalue weighted by Crippen LogP contribution is 2.29. The minimum atomic E-state index is -0.411. The van der Waals surface area contributed by atoms with Crippen LogP contribution in [0.25, 0.3) is 11.0 Å². The molecule has 3 rings (SSSR count). The monoisotopic (exact) mass is 394 g/mol. The number of benzene rings is 2. The van der Waals surface area contributed by atoms with Crippen molar-refractivity contribution in [2.24, 2.45) is 5.10 Å². The van der Waals surface area contributed by atoms with Gasteiger partial charge in [0.25, 0.3) is 0 Å². The zero-order valence-corrected chi connectivity index (χ0v) is 17.4. The summed E-state index contributed by atoms with van der Waals surface area (Å²) in [6.07, 6.45) is 1.63. The molecule has 3 aromatic rings. The number of rotatable bonds is 7. The van der Waals surface area contributed by atoms with E-state index in [1.807, 2.05) is 38.1 Å². The highest BCUT2D eigenvalue weighted by molar-refractivity contribution is 5.97. The molecule has 0 aliphatic carbocycles. The van der Waals surface area contributed by atoms with Crippen LogP contribution in [0.1, 0.15) is 53.9 Å². The van der Waals surface area contributed by atoms with Crippen molar-refractivity contribution >= 4 is 23.1 Å². The van der Waals surface area contributed by atoms with E-state index in [0.717, 1.165) is 33.6 Å². The van der Waals surface area contributed by atoms with Crippen molar-refractivity contribution in [3.63, 3.8) is 0 Å². The molecule has 29 heavy (non-hydrogen) atoms. The summed E-state index contributed by atoms with van der Waals surface area (Å²) < 4.78 is 16.5. The summed E-state index contributed by atoms with van der Waals surface area (Å²) in [6.45, 7) is 8.69. The molecule has 0 unspecified atom stereocenters. The van der Waals surface area contributed by atoms with Crippen molar-refractivity contribution in [1.82, 2.24) is 5.43 Å². The van der Waals surface area contributed by atoms with E-state index in [1.54, 1.807) is 25.5 Å². The molecule has 2 aromatic carbocycles. The minimum absolute atomic E-state index is 0.195. The molecule has 0 radical (unpaired) electrons. The van der Waals surface area contributed by atoms with Gasteiger partial charge >= 0.3 is 5.91 Å². The SMILES string of the molecule is CCOc1ccc2oc(C(=O)N/N=C/c3cc(C(C)C)c(OC)cc3C)cc2c1. The van der Waals surface area contributed by atoms with Gasteiger partial charge in [0, 0.05) is 5.39 Å². The molecular weight excluding hydrogens is 368 g/mol. The van der Waals surface area contributed by atoms with Gasteiger partial charge in [-0.1, -0.05) is 13.8 Å². The van der Waals surface area contributed by atoms with Crippen LogP contribution < -0.4 is 14.9 Å². The number of ether oxygens (including phenoxy) is 2. The number of hydrazone groups is 1. The second-order valence-corrected chi connectivity index (χ2v) is 7.05. The van der Waals surface area contributed by atoms with Gasteiger partial charge in [0.2, 0.25) is 0 Å². The van der Waals surface area contributed by atoms with Crippen molar-refractivity contribution in [2.45, 2.75) is 33.6 Å². The Hall–Kier alpha value is -3.28. The lowest BCUT2D eigenvalue weighted by Gasteiger charge is -2.14. The Kier molecular flexibility index (Phi) is 6.22. The minimum Gasteiger partial charge on any atom is -0.496 e. The van der Waals surface area contributed by atoms with E-state index < -0.39 is 5.91 Å². The van der Waals surface area contributed by atoms with Gasteiger partial charge in [-0.2, -0.15) is 5.10 Å². The number of methoxy groups -OCH3 is 1. The van der Waals surface area contributed by atoms with E-state index >= 15 is 0 Å². The number of hydrogen-bond donors (Lipinski definition) is 1. The third-order valence-electron chi connectivity index (χ3n) is 4.63. The highest BCUT2D eigenvalue weighted by atomic mass is 16.5. The summed E-state index contributed by atoms with van der Waals surface area (Å²) in [5, 5.41) is 4.91. The van der Waals surface area contributed by atoms with E-state index in [4.69, 9.17) is 13.9 Å². The van der Waals surface area contributed by atoms with Crippen LogP contribution >= 0.6 is 0 Å². The number of hydrogen-bond acceptors (Lipinski definition) is 5. The van der Waals surface area contributed by atoms with Crippen molar-refractivity contribution in [3.8, 4) is 11.5 Å². The number of fused-ring (bicyclic) bond motifs is 1. The van der Waals surface area contributed by atoms with Crippen LogP contribution in [0.4, 0.5) is 0 Å². The molecule has 0 saturated heterocycles. The Bertz CT molecular complexity index is 1050. The molecule has 6 heteroatoms. The number of nitrogens with one attached hydrogen (secondary N) is 1. The first kappa shape index (κ1) is 20.5. The van der Waals surface area contributed by atoms with Crippen molar-refractivity contribution in [3.05, 3.63) is 58.8 Å². The molecule has 1 N–H and O–H groups in total. The lowest BCUT2D eigenvalue weighted by molar-refractivity contribution is 0.0929. The first-order valence-electron chi connectivity index (χ1n) is 9.61. The van der Waals surface area contributed by atoms with Crippen LogP contribution in [0, 0.1) is 6.92 Å². The molecule has 0 fully saturated rings. The molecule has 0 atom stereocenters. The summed E-state index contributed by atoms with van der Waals surface area (Å²) >= 11 is 0. The number of amides is 1. The Morgan fingerprint density at radius 2 is 2.03 bits per heavy atom. The molecular formula is C23H26N2O4. The quantitative estimate of drug-likeness (QED) is 0.450. The zero-order valence-electron chi connectivity index (χ0n) is 17.4. The molecule has 0 bridgehead atoms. The van der Waals surface area contributed by atoms with E-state index in [-0.39, 0.29) is 5.76 Å². The molecule has 6 nitrogen and oxygen atoms in total. The summed E-state index contributed by atoms with van der Waals surface area (Å²) in [5.41, 5.74) is 6.17. The van der Waals surface area contributed by atoms with Crippen molar-refractivity contribution in [2.75, 3.05) is 13.7 Å². The van der Waals surface area contributed by atoms with Crippen LogP contribution in [-0.2, 0) is 0 Å². The summed E-state index contributed by atoms with van der Waals surface area (Å²) in [6, 6.07) is 11.1. The van der Waals surface area contributed by atoms with Gasteiger partial charge in [-0.3, -0.25) is 4.79 Å². The number of nitrogens with zero attached hydrogens (tertiary/aromatic N) is 1. The summed E-state index contributed by atoms with van der Waals surface area (Å²) in [7, 11) is 1.67. The number of aryl methyl sites for hydroxylation is 1. The van der Waals surface area contributed by atoms with E-state index in [2.05, 4.69) is 24.4 Å². The normalized spacial score (nSPS) is 11.4. The van der Waals surface area contributed by atoms with Crippen molar-refractivity contribution < 1.29 is 18.7 Å². The Labute approximate surface area is 170 Å². The molecule has 152 valence electrons. The smallest absolute Gasteiger partial charge is 0.307 e. The van der Waals surface area contributed by atoms with E-state index in [0.29, 0.717) is 18.1 Å². The molecule has 0 saturated carbocycles. The van der Waals surface area contributed by atoms with Crippen molar-refractivity contribution in [1.29, 1.82) is 0 Å². The third kappa shape index (κ3) is 4.59. The Morgan fingerprint density at radius 1 is 1.24 bits per heavy atom. The number of carbonyl (C=O) groups excluding carboxylic acids is 1. The van der Waals surface area contributed by atoms with Gasteiger partial charge in [0.1, 0.15) is 17.1 Å². The molecule has 1 amide bonds. The lowest BCUT2D eigenvalue weighted by atomic mass is 9.97. The third-order valence-corrected chi connectivity index (χ3v) is 4.63. The fraction of sp³-hybridized carbons (Fsp3) is 0.304. The standard InChI is InChI=1S/C23H26N2O4/c1-6-28-18-7-8-20-16(10-18)12-22(29-20)23(26)25-24-13-17-11-19(14(2)3)21(27-5)9-15(17)4/h7-14H,6H2,1-5H3,(H,25,26)/b24-13+. The second kappa shape index (κ2) is 8.82. The average Bonchev–Trinajstić information content (AvgIpc) is 3.12.